The minimum Gasteiger partial charge on any atom is -0.398 e. The topological polar surface area (TPSA) is 64.9 Å². The third-order valence-electron chi connectivity index (χ3n) is 2.15. The second kappa shape index (κ2) is 5.18. The third-order valence-corrected chi connectivity index (χ3v) is 3.02. The standard InChI is InChI=1S/C11H12FN3OS/c1-2-17-6-10-14-11(16-15-10)8-5-7(12)3-4-9(8)13/h3-5H,2,6,13H2,1H3. The van der Waals surface area contributed by atoms with Crippen LogP contribution in [0.5, 0.6) is 0 Å². The molecule has 90 valence electrons. The summed E-state index contributed by atoms with van der Waals surface area (Å²) in [4.78, 5) is 4.17. The van der Waals surface area contributed by atoms with Crippen LogP contribution >= 0.6 is 11.8 Å². The number of nitrogens with two attached hydrogens (primary N) is 1. The van der Waals surface area contributed by atoms with Gasteiger partial charge in [-0.2, -0.15) is 16.7 Å². The summed E-state index contributed by atoms with van der Waals surface area (Å²) in [5.41, 5.74) is 6.59. The first-order valence-electron chi connectivity index (χ1n) is 5.16. The van der Waals surface area contributed by atoms with Crippen molar-refractivity contribution in [1.82, 2.24) is 10.1 Å². The Kier molecular flexibility index (Phi) is 3.63. The van der Waals surface area contributed by atoms with Crippen LogP contribution in [0.2, 0.25) is 0 Å². The molecule has 0 saturated heterocycles. The minimum absolute atomic E-state index is 0.258. The van der Waals surface area contributed by atoms with Crippen LogP contribution in [0, 0.1) is 5.82 Å². The Morgan fingerprint density at radius 2 is 2.29 bits per heavy atom. The molecule has 1 aromatic carbocycles. The monoisotopic (exact) mass is 253 g/mol. The molecule has 0 amide bonds. The van der Waals surface area contributed by atoms with Gasteiger partial charge in [0.2, 0.25) is 0 Å². The molecule has 0 aliphatic carbocycles. The summed E-state index contributed by atoms with van der Waals surface area (Å²) < 4.78 is 18.2. The third kappa shape index (κ3) is 2.76. The van der Waals surface area contributed by atoms with Crippen LogP contribution in [0.1, 0.15) is 12.7 Å². The van der Waals surface area contributed by atoms with Gasteiger partial charge < -0.3 is 10.3 Å². The number of halogens is 1. The van der Waals surface area contributed by atoms with Gasteiger partial charge in [0.25, 0.3) is 5.89 Å². The average Bonchev–Trinajstić information content (AvgIpc) is 2.78. The predicted molar refractivity (Wildman–Crippen MR) is 65.9 cm³/mol. The molecule has 0 aliphatic heterocycles. The van der Waals surface area contributed by atoms with E-state index in [1.54, 1.807) is 11.8 Å². The van der Waals surface area contributed by atoms with Crippen LogP contribution in [0.3, 0.4) is 0 Å². The van der Waals surface area contributed by atoms with E-state index in [-0.39, 0.29) is 11.7 Å². The first-order chi connectivity index (χ1) is 8.20. The van der Waals surface area contributed by atoms with Crippen molar-refractivity contribution < 1.29 is 8.91 Å². The van der Waals surface area contributed by atoms with Gasteiger partial charge >= 0.3 is 0 Å². The Balaban J connectivity index is 2.27. The smallest absolute Gasteiger partial charge is 0.260 e. The van der Waals surface area contributed by atoms with E-state index in [1.165, 1.54) is 18.2 Å². The molecule has 0 fully saturated rings. The quantitative estimate of drug-likeness (QED) is 0.849. The SMILES string of the molecule is CCSCc1noc(-c2cc(F)ccc2N)n1. The molecule has 0 spiro atoms. The van der Waals surface area contributed by atoms with Gasteiger partial charge in [-0.1, -0.05) is 12.1 Å². The fraction of sp³-hybridized carbons (Fsp3) is 0.273. The van der Waals surface area contributed by atoms with Gasteiger partial charge in [0.15, 0.2) is 5.82 Å². The van der Waals surface area contributed by atoms with Crippen LogP contribution in [0.4, 0.5) is 10.1 Å². The summed E-state index contributed by atoms with van der Waals surface area (Å²) >= 11 is 1.69. The molecule has 2 rings (SSSR count). The second-order valence-electron chi connectivity index (χ2n) is 3.38. The number of hydrogen-bond acceptors (Lipinski definition) is 5. The number of thioether (sulfide) groups is 1. The Hall–Kier alpha value is -1.56. The molecule has 17 heavy (non-hydrogen) atoms. The van der Waals surface area contributed by atoms with Crippen molar-refractivity contribution >= 4 is 17.4 Å². The average molecular weight is 253 g/mol. The molecule has 0 radical (unpaired) electrons. The van der Waals surface area contributed by atoms with Crippen molar-refractivity contribution in [2.24, 2.45) is 0 Å². The maximum absolute atomic E-state index is 13.1. The molecule has 0 unspecified atom stereocenters. The minimum atomic E-state index is -0.378. The molecular weight excluding hydrogens is 241 g/mol. The number of nitrogens with zero attached hydrogens (tertiary/aromatic N) is 2. The van der Waals surface area contributed by atoms with Crippen molar-refractivity contribution in [2.45, 2.75) is 12.7 Å². The van der Waals surface area contributed by atoms with E-state index in [0.717, 1.165) is 5.75 Å². The number of aromatic nitrogens is 2. The van der Waals surface area contributed by atoms with Crippen LogP contribution in [-0.2, 0) is 5.75 Å². The van der Waals surface area contributed by atoms with E-state index in [0.29, 0.717) is 22.8 Å². The van der Waals surface area contributed by atoms with Gasteiger partial charge in [0.1, 0.15) is 5.82 Å². The zero-order chi connectivity index (χ0) is 12.3. The van der Waals surface area contributed by atoms with Crippen LogP contribution in [0.25, 0.3) is 11.5 Å². The molecule has 1 heterocycles. The molecular formula is C11H12FN3OS. The normalized spacial score (nSPS) is 10.7. The lowest BCUT2D eigenvalue weighted by atomic mass is 10.2. The first-order valence-corrected chi connectivity index (χ1v) is 6.32. The van der Waals surface area contributed by atoms with E-state index < -0.39 is 0 Å². The molecule has 1 aromatic heterocycles. The number of rotatable bonds is 4. The number of nitrogen functional groups attached to an aromatic ring is 1. The van der Waals surface area contributed by atoms with E-state index >= 15 is 0 Å². The molecule has 6 heteroatoms. The molecule has 0 bridgehead atoms. The highest BCUT2D eigenvalue weighted by atomic mass is 32.2. The van der Waals surface area contributed by atoms with Gasteiger partial charge in [-0.3, -0.25) is 0 Å². The lowest BCUT2D eigenvalue weighted by Crippen LogP contribution is -1.91. The van der Waals surface area contributed by atoms with Crippen LogP contribution in [0.15, 0.2) is 22.7 Å². The Labute approximate surface area is 102 Å². The van der Waals surface area contributed by atoms with Crippen molar-refractivity contribution in [3.8, 4) is 11.5 Å². The fourth-order valence-corrected chi connectivity index (χ4v) is 1.83. The van der Waals surface area contributed by atoms with Crippen molar-refractivity contribution in [3.63, 3.8) is 0 Å². The Bertz CT molecular complexity index is 515. The molecule has 0 aliphatic rings. The van der Waals surface area contributed by atoms with Crippen LogP contribution < -0.4 is 5.73 Å². The summed E-state index contributed by atoms with van der Waals surface area (Å²) in [5.74, 6) is 2.13. The van der Waals surface area contributed by atoms with Gasteiger partial charge in [-0.15, -0.1) is 0 Å². The fourth-order valence-electron chi connectivity index (χ4n) is 1.33. The summed E-state index contributed by atoms with van der Waals surface area (Å²) in [7, 11) is 0. The zero-order valence-corrected chi connectivity index (χ0v) is 10.1. The van der Waals surface area contributed by atoms with Crippen molar-refractivity contribution in [2.75, 3.05) is 11.5 Å². The molecule has 2 N–H and O–H groups in total. The van der Waals surface area contributed by atoms with E-state index in [2.05, 4.69) is 17.1 Å². The van der Waals surface area contributed by atoms with Crippen LogP contribution in [-0.4, -0.2) is 15.9 Å². The maximum Gasteiger partial charge on any atom is 0.260 e. The zero-order valence-electron chi connectivity index (χ0n) is 9.31. The Morgan fingerprint density at radius 3 is 3.06 bits per heavy atom. The number of hydrogen-bond donors (Lipinski definition) is 1. The van der Waals surface area contributed by atoms with Crippen molar-refractivity contribution in [1.29, 1.82) is 0 Å². The van der Waals surface area contributed by atoms with E-state index in [9.17, 15) is 4.39 Å². The number of benzene rings is 1. The van der Waals surface area contributed by atoms with Gasteiger partial charge in [-0.25, -0.2) is 4.39 Å². The molecule has 2 aromatic rings. The highest BCUT2D eigenvalue weighted by molar-refractivity contribution is 7.98. The summed E-state index contributed by atoms with van der Waals surface area (Å²) in [6.45, 7) is 2.05. The van der Waals surface area contributed by atoms with Gasteiger partial charge in [0.05, 0.1) is 11.3 Å². The second-order valence-corrected chi connectivity index (χ2v) is 4.66. The Morgan fingerprint density at radius 1 is 1.47 bits per heavy atom. The summed E-state index contributed by atoms with van der Waals surface area (Å²) in [6, 6.07) is 4.07. The molecule has 4 nitrogen and oxygen atoms in total. The lowest BCUT2D eigenvalue weighted by Gasteiger charge is -1.99. The number of anilines is 1. The highest BCUT2D eigenvalue weighted by Crippen LogP contribution is 2.25. The largest absolute Gasteiger partial charge is 0.398 e. The first kappa shape index (κ1) is 11.9. The summed E-state index contributed by atoms with van der Waals surface area (Å²) in [5, 5.41) is 3.82. The van der Waals surface area contributed by atoms with E-state index in [1.807, 2.05) is 0 Å². The summed E-state index contributed by atoms with van der Waals surface area (Å²) in [6.07, 6.45) is 0. The van der Waals surface area contributed by atoms with Gasteiger partial charge in [-0.05, 0) is 24.0 Å². The van der Waals surface area contributed by atoms with E-state index in [4.69, 9.17) is 10.3 Å². The molecule has 0 saturated carbocycles. The van der Waals surface area contributed by atoms with Gasteiger partial charge in [0, 0.05) is 5.69 Å². The molecule has 0 atom stereocenters. The lowest BCUT2D eigenvalue weighted by molar-refractivity contribution is 0.425. The van der Waals surface area contributed by atoms with Crippen molar-refractivity contribution in [3.05, 3.63) is 29.8 Å². The predicted octanol–water partition coefficient (Wildman–Crippen LogP) is 2.71. The highest BCUT2D eigenvalue weighted by Gasteiger charge is 2.12. The maximum atomic E-state index is 13.1.